The lowest BCUT2D eigenvalue weighted by Crippen LogP contribution is -2.35. The number of halogens is 3. The minimum absolute atomic E-state index is 0.0241. The van der Waals surface area contributed by atoms with Crippen LogP contribution in [-0.2, 0) is 11.0 Å². The number of nitrogens with one attached hydrogen (secondary N) is 1. The van der Waals surface area contributed by atoms with Crippen molar-refractivity contribution in [2.75, 3.05) is 18.4 Å². The summed E-state index contributed by atoms with van der Waals surface area (Å²) in [4.78, 5) is 14.5. The van der Waals surface area contributed by atoms with E-state index in [-0.39, 0.29) is 18.5 Å². The van der Waals surface area contributed by atoms with Gasteiger partial charge in [0, 0.05) is 12.2 Å². The molecule has 0 aliphatic carbocycles. The lowest BCUT2D eigenvalue weighted by molar-refractivity contribution is -0.137. The maximum Gasteiger partial charge on any atom is 0.416 e. The van der Waals surface area contributed by atoms with E-state index in [9.17, 15) is 18.0 Å². The Hall–Kier alpha value is -2.50. The Balaban J connectivity index is 1.67. The maximum atomic E-state index is 12.8. The van der Waals surface area contributed by atoms with Crippen molar-refractivity contribution in [2.45, 2.75) is 32.0 Å². The monoisotopic (exact) mass is 362 g/mol. The van der Waals surface area contributed by atoms with Crippen LogP contribution in [-0.4, -0.2) is 23.9 Å². The van der Waals surface area contributed by atoms with Crippen LogP contribution < -0.4 is 5.32 Å². The number of nitrogens with zero attached hydrogens (tertiary/aromatic N) is 1. The van der Waals surface area contributed by atoms with Gasteiger partial charge in [0.15, 0.2) is 0 Å². The number of aryl methyl sites for hydroxylation is 1. The SMILES string of the molecule is Cc1ccccc1C1CCCN1C(=O)CNc1cccc(C(F)(F)F)c1. The van der Waals surface area contributed by atoms with E-state index in [1.165, 1.54) is 12.1 Å². The van der Waals surface area contributed by atoms with Crippen LogP contribution in [0.3, 0.4) is 0 Å². The van der Waals surface area contributed by atoms with Crippen LogP contribution in [0.15, 0.2) is 48.5 Å². The molecular weight excluding hydrogens is 341 g/mol. The van der Waals surface area contributed by atoms with E-state index in [0.29, 0.717) is 12.2 Å². The van der Waals surface area contributed by atoms with Crippen LogP contribution >= 0.6 is 0 Å². The zero-order valence-corrected chi connectivity index (χ0v) is 14.5. The average molecular weight is 362 g/mol. The maximum absolute atomic E-state index is 12.8. The molecule has 0 spiro atoms. The molecule has 1 aliphatic rings. The molecule has 2 aromatic carbocycles. The van der Waals surface area contributed by atoms with Gasteiger partial charge in [-0.1, -0.05) is 30.3 Å². The van der Waals surface area contributed by atoms with Crippen molar-refractivity contribution in [3.05, 3.63) is 65.2 Å². The molecule has 1 saturated heterocycles. The molecule has 0 bridgehead atoms. The van der Waals surface area contributed by atoms with Gasteiger partial charge in [-0.2, -0.15) is 13.2 Å². The lowest BCUT2D eigenvalue weighted by Gasteiger charge is -2.26. The molecule has 1 N–H and O–H groups in total. The number of benzene rings is 2. The molecule has 0 aromatic heterocycles. The first-order valence-electron chi connectivity index (χ1n) is 8.62. The smallest absolute Gasteiger partial charge is 0.376 e. The van der Waals surface area contributed by atoms with Gasteiger partial charge in [0.05, 0.1) is 18.2 Å². The lowest BCUT2D eigenvalue weighted by atomic mass is 9.99. The second-order valence-corrected chi connectivity index (χ2v) is 6.53. The molecule has 1 amide bonds. The summed E-state index contributed by atoms with van der Waals surface area (Å²) in [5.41, 5.74) is 1.84. The Morgan fingerprint density at radius 3 is 2.69 bits per heavy atom. The first-order valence-corrected chi connectivity index (χ1v) is 8.62. The highest BCUT2D eigenvalue weighted by atomic mass is 19.4. The summed E-state index contributed by atoms with van der Waals surface area (Å²) in [5.74, 6) is -0.104. The molecule has 1 unspecified atom stereocenters. The summed E-state index contributed by atoms with van der Waals surface area (Å²) in [7, 11) is 0. The van der Waals surface area contributed by atoms with E-state index >= 15 is 0 Å². The van der Waals surface area contributed by atoms with Gasteiger partial charge in [-0.15, -0.1) is 0 Å². The third-order valence-electron chi connectivity index (χ3n) is 4.75. The van der Waals surface area contributed by atoms with Gasteiger partial charge in [0.1, 0.15) is 0 Å². The minimum atomic E-state index is -4.40. The normalized spacial score (nSPS) is 17.4. The van der Waals surface area contributed by atoms with Gasteiger partial charge < -0.3 is 10.2 Å². The number of amides is 1. The quantitative estimate of drug-likeness (QED) is 0.848. The van der Waals surface area contributed by atoms with Gasteiger partial charge in [0.25, 0.3) is 0 Å². The van der Waals surface area contributed by atoms with E-state index in [1.807, 2.05) is 36.1 Å². The Kier molecular flexibility index (Phi) is 5.20. The number of hydrogen-bond acceptors (Lipinski definition) is 2. The highest BCUT2D eigenvalue weighted by Gasteiger charge is 2.31. The number of likely N-dealkylation sites (tertiary alicyclic amines) is 1. The molecule has 0 radical (unpaired) electrons. The fourth-order valence-electron chi connectivity index (χ4n) is 3.43. The molecule has 2 aromatic rings. The van der Waals surface area contributed by atoms with E-state index < -0.39 is 11.7 Å². The number of anilines is 1. The van der Waals surface area contributed by atoms with E-state index in [2.05, 4.69) is 5.32 Å². The first-order chi connectivity index (χ1) is 12.4. The van der Waals surface area contributed by atoms with Gasteiger partial charge in [-0.3, -0.25) is 4.79 Å². The van der Waals surface area contributed by atoms with Gasteiger partial charge >= 0.3 is 6.18 Å². The van der Waals surface area contributed by atoms with Gasteiger partial charge in [-0.05, 0) is 49.1 Å². The van der Waals surface area contributed by atoms with Crippen molar-refractivity contribution in [1.29, 1.82) is 0 Å². The van der Waals surface area contributed by atoms with Gasteiger partial charge in [0.2, 0.25) is 5.91 Å². The Morgan fingerprint density at radius 2 is 1.96 bits per heavy atom. The van der Waals surface area contributed by atoms with E-state index in [4.69, 9.17) is 0 Å². The molecule has 138 valence electrons. The van der Waals surface area contributed by atoms with E-state index in [0.717, 1.165) is 36.1 Å². The fourth-order valence-corrected chi connectivity index (χ4v) is 3.43. The number of carbonyl (C=O) groups is 1. The van der Waals surface area contributed by atoms with Crippen molar-refractivity contribution in [1.82, 2.24) is 4.90 Å². The molecule has 1 aliphatic heterocycles. The number of alkyl halides is 3. The standard InChI is InChI=1S/C20H21F3N2O/c1-14-6-2-3-9-17(14)18-10-5-11-25(18)19(26)13-24-16-8-4-7-15(12-16)20(21,22)23/h2-4,6-9,12,18,24H,5,10-11,13H2,1H3. The third kappa shape index (κ3) is 4.00. The Morgan fingerprint density at radius 1 is 1.19 bits per heavy atom. The summed E-state index contributed by atoms with van der Waals surface area (Å²) in [6, 6.07) is 12.9. The van der Waals surface area contributed by atoms with Crippen molar-refractivity contribution in [2.24, 2.45) is 0 Å². The van der Waals surface area contributed by atoms with E-state index in [1.54, 1.807) is 0 Å². The highest BCUT2D eigenvalue weighted by molar-refractivity contribution is 5.81. The Labute approximate surface area is 150 Å². The molecule has 1 atom stereocenters. The summed E-state index contributed by atoms with van der Waals surface area (Å²) < 4.78 is 38.4. The second kappa shape index (κ2) is 7.40. The number of rotatable bonds is 4. The molecule has 3 nitrogen and oxygen atoms in total. The molecule has 3 rings (SSSR count). The predicted molar refractivity (Wildman–Crippen MR) is 94.8 cm³/mol. The van der Waals surface area contributed by atoms with Crippen molar-refractivity contribution in [3.8, 4) is 0 Å². The highest BCUT2D eigenvalue weighted by Crippen LogP contribution is 2.34. The second-order valence-electron chi connectivity index (χ2n) is 6.53. The summed E-state index contributed by atoms with van der Waals surface area (Å²) >= 11 is 0. The van der Waals surface area contributed by atoms with Crippen molar-refractivity contribution >= 4 is 11.6 Å². The minimum Gasteiger partial charge on any atom is -0.376 e. The van der Waals surface area contributed by atoms with Crippen LogP contribution in [0.25, 0.3) is 0 Å². The molecule has 1 fully saturated rings. The summed E-state index contributed by atoms with van der Waals surface area (Å²) in [5, 5.41) is 2.83. The topological polar surface area (TPSA) is 32.3 Å². The van der Waals surface area contributed by atoms with Crippen LogP contribution in [0.1, 0.15) is 35.6 Å². The largest absolute Gasteiger partial charge is 0.416 e. The molecule has 0 saturated carbocycles. The zero-order valence-electron chi connectivity index (χ0n) is 14.5. The Bertz CT molecular complexity index is 789. The zero-order chi connectivity index (χ0) is 18.7. The van der Waals surface area contributed by atoms with Gasteiger partial charge in [-0.25, -0.2) is 0 Å². The van der Waals surface area contributed by atoms with Crippen LogP contribution in [0.4, 0.5) is 18.9 Å². The molecule has 1 heterocycles. The predicted octanol–water partition coefficient (Wildman–Crippen LogP) is 4.79. The first kappa shape index (κ1) is 18.3. The average Bonchev–Trinajstić information content (AvgIpc) is 3.09. The number of carbonyl (C=O) groups excluding carboxylic acids is 1. The summed E-state index contributed by atoms with van der Waals surface area (Å²) in [6.07, 6.45) is -2.57. The molecule has 6 heteroatoms. The fraction of sp³-hybridized carbons (Fsp3) is 0.350. The van der Waals surface area contributed by atoms with Crippen LogP contribution in [0, 0.1) is 6.92 Å². The van der Waals surface area contributed by atoms with Crippen molar-refractivity contribution < 1.29 is 18.0 Å². The third-order valence-corrected chi connectivity index (χ3v) is 4.75. The number of hydrogen-bond donors (Lipinski definition) is 1. The van der Waals surface area contributed by atoms with Crippen molar-refractivity contribution in [3.63, 3.8) is 0 Å². The molecular formula is C20H21F3N2O. The molecule has 26 heavy (non-hydrogen) atoms. The summed E-state index contributed by atoms with van der Waals surface area (Å²) in [6.45, 7) is 2.67. The van der Waals surface area contributed by atoms with Crippen LogP contribution in [0.2, 0.25) is 0 Å². The van der Waals surface area contributed by atoms with Crippen LogP contribution in [0.5, 0.6) is 0 Å².